The molecule has 8 nitrogen and oxygen atoms in total. The van der Waals surface area contributed by atoms with Gasteiger partial charge in [0.25, 0.3) is 0 Å². The van der Waals surface area contributed by atoms with Gasteiger partial charge in [-0.25, -0.2) is 4.98 Å². The van der Waals surface area contributed by atoms with Crippen molar-refractivity contribution in [3.63, 3.8) is 0 Å². The third kappa shape index (κ3) is 4.42. The molecule has 2 heterocycles. The van der Waals surface area contributed by atoms with Crippen LogP contribution in [0.3, 0.4) is 0 Å². The molecule has 3 aromatic carbocycles. The monoisotopic (exact) mass is 466 g/mol. The number of benzene rings is 3. The standard InChI is InChI=1S/C27H26N6O2/c1-3-16(2)24(27-28-22-10-6-7-19(15-23(34)35)25(22)29-27)18-13-11-17(12-14-18)20-8-4-5-9-21(20)26-30-32-33-31-26/h4-14,16,24H,3,15H2,1-2H3,(H,28,29)(H,34,35)(H,30,31,32,33). The van der Waals surface area contributed by atoms with Crippen LogP contribution in [-0.4, -0.2) is 41.7 Å². The van der Waals surface area contributed by atoms with Gasteiger partial charge in [-0.3, -0.25) is 4.79 Å². The molecule has 0 aliphatic rings. The second-order valence-electron chi connectivity index (χ2n) is 8.77. The number of carboxylic acids is 1. The number of carbonyl (C=O) groups is 1. The van der Waals surface area contributed by atoms with Crippen LogP contribution < -0.4 is 0 Å². The second-order valence-corrected chi connectivity index (χ2v) is 8.77. The number of aromatic nitrogens is 6. The summed E-state index contributed by atoms with van der Waals surface area (Å²) in [6, 6.07) is 22.2. The first-order valence-corrected chi connectivity index (χ1v) is 11.7. The Balaban J connectivity index is 1.53. The lowest BCUT2D eigenvalue weighted by Crippen LogP contribution is -2.12. The minimum Gasteiger partial charge on any atom is -0.481 e. The number of aliphatic carboxylic acids is 1. The molecule has 2 aromatic heterocycles. The number of nitrogens with zero attached hydrogens (tertiary/aromatic N) is 4. The summed E-state index contributed by atoms with van der Waals surface area (Å²) in [5.74, 6) is 0.925. The lowest BCUT2D eigenvalue weighted by molar-refractivity contribution is -0.136. The van der Waals surface area contributed by atoms with Gasteiger partial charge in [0.05, 0.1) is 17.5 Å². The summed E-state index contributed by atoms with van der Waals surface area (Å²) in [7, 11) is 0. The van der Waals surface area contributed by atoms with Crippen LogP contribution in [0.4, 0.5) is 0 Å². The Bertz CT molecular complexity index is 1460. The smallest absolute Gasteiger partial charge is 0.307 e. The fourth-order valence-corrected chi connectivity index (χ4v) is 4.63. The van der Waals surface area contributed by atoms with Gasteiger partial charge in [-0.15, -0.1) is 10.2 Å². The Kier molecular flexibility index (Phi) is 6.10. The highest BCUT2D eigenvalue weighted by molar-refractivity contribution is 5.84. The van der Waals surface area contributed by atoms with Gasteiger partial charge in [0.15, 0.2) is 0 Å². The molecule has 0 spiro atoms. The molecule has 2 atom stereocenters. The molecule has 0 aliphatic carbocycles. The van der Waals surface area contributed by atoms with Crippen molar-refractivity contribution in [2.75, 3.05) is 0 Å². The molecule has 0 aliphatic heterocycles. The van der Waals surface area contributed by atoms with E-state index in [1.165, 1.54) is 0 Å². The van der Waals surface area contributed by atoms with E-state index in [2.05, 4.69) is 69.8 Å². The third-order valence-corrected chi connectivity index (χ3v) is 6.56. The molecule has 0 fully saturated rings. The van der Waals surface area contributed by atoms with Crippen LogP contribution in [-0.2, 0) is 11.2 Å². The molecule has 0 saturated carbocycles. The number of rotatable bonds is 8. The minimum atomic E-state index is -0.864. The molecule has 2 unspecified atom stereocenters. The Morgan fingerprint density at radius 2 is 1.77 bits per heavy atom. The number of carboxylic acid groups (broad SMARTS) is 1. The number of aromatic amines is 2. The van der Waals surface area contributed by atoms with Gasteiger partial charge < -0.3 is 10.1 Å². The Labute approximate surface area is 202 Å². The van der Waals surface area contributed by atoms with Gasteiger partial charge in [0, 0.05) is 11.5 Å². The van der Waals surface area contributed by atoms with E-state index in [0.29, 0.717) is 17.3 Å². The highest BCUT2D eigenvalue weighted by Gasteiger charge is 2.24. The number of tetrazole rings is 1. The van der Waals surface area contributed by atoms with Crippen LogP contribution in [0.5, 0.6) is 0 Å². The summed E-state index contributed by atoms with van der Waals surface area (Å²) in [6.07, 6.45) is 0.927. The maximum atomic E-state index is 11.3. The Morgan fingerprint density at radius 1 is 1.00 bits per heavy atom. The molecule has 0 radical (unpaired) electrons. The summed E-state index contributed by atoms with van der Waals surface area (Å²) in [5, 5.41) is 23.8. The number of H-pyrrole nitrogens is 2. The van der Waals surface area contributed by atoms with Crippen LogP contribution in [0.15, 0.2) is 66.7 Å². The first kappa shape index (κ1) is 22.5. The number of nitrogens with one attached hydrogen (secondary N) is 2. The third-order valence-electron chi connectivity index (χ3n) is 6.56. The number of hydrogen-bond acceptors (Lipinski definition) is 5. The molecule has 8 heteroatoms. The summed E-state index contributed by atoms with van der Waals surface area (Å²) in [5.41, 5.74) is 6.46. The van der Waals surface area contributed by atoms with Gasteiger partial charge >= 0.3 is 5.97 Å². The summed E-state index contributed by atoms with van der Waals surface area (Å²) >= 11 is 0. The van der Waals surface area contributed by atoms with E-state index in [0.717, 1.165) is 45.5 Å². The van der Waals surface area contributed by atoms with Crippen molar-refractivity contribution in [3.05, 3.63) is 83.7 Å². The second kappa shape index (κ2) is 9.50. The van der Waals surface area contributed by atoms with Crippen molar-refractivity contribution in [1.29, 1.82) is 0 Å². The molecule has 0 amide bonds. The average Bonchev–Trinajstić information content (AvgIpc) is 3.55. The SMILES string of the molecule is CCC(C)C(c1ccc(-c2ccccc2-c2nn[nH]n2)cc1)c1nc2c(CC(=O)O)cccc2[nH]1. The van der Waals surface area contributed by atoms with Crippen molar-refractivity contribution in [3.8, 4) is 22.5 Å². The van der Waals surface area contributed by atoms with Crippen LogP contribution in [0.2, 0.25) is 0 Å². The van der Waals surface area contributed by atoms with Gasteiger partial charge in [-0.05, 0) is 39.5 Å². The number of hydrogen-bond donors (Lipinski definition) is 3. The maximum absolute atomic E-state index is 11.3. The molecular formula is C27H26N6O2. The molecule has 5 rings (SSSR count). The van der Waals surface area contributed by atoms with E-state index in [-0.39, 0.29) is 12.3 Å². The normalized spacial score (nSPS) is 13.1. The van der Waals surface area contributed by atoms with Crippen LogP contribution >= 0.6 is 0 Å². The molecule has 0 bridgehead atoms. The number of para-hydroxylation sites is 1. The van der Waals surface area contributed by atoms with E-state index in [1.807, 2.05) is 36.4 Å². The minimum absolute atomic E-state index is 0.0478. The van der Waals surface area contributed by atoms with Crippen molar-refractivity contribution in [1.82, 2.24) is 30.6 Å². The highest BCUT2D eigenvalue weighted by Crippen LogP contribution is 2.36. The predicted octanol–water partition coefficient (Wildman–Crippen LogP) is 5.22. The van der Waals surface area contributed by atoms with E-state index < -0.39 is 5.97 Å². The van der Waals surface area contributed by atoms with Crippen molar-refractivity contribution < 1.29 is 9.90 Å². The Hall–Kier alpha value is -4.33. The van der Waals surface area contributed by atoms with Crippen LogP contribution in [0.25, 0.3) is 33.5 Å². The predicted molar refractivity (Wildman–Crippen MR) is 134 cm³/mol. The van der Waals surface area contributed by atoms with Gasteiger partial charge in [-0.1, -0.05) is 80.9 Å². The van der Waals surface area contributed by atoms with Crippen LogP contribution in [0.1, 0.15) is 43.1 Å². The topological polar surface area (TPSA) is 120 Å². The van der Waals surface area contributed by atoms with Crippen LogP contribution in [0, 0.1) is 5.92 Å². The van der Waals surface area contributed by atoms with Crippen molar-refractivity contribution in [2.24, 2.45) is 5.92 Å². The average molecular weight is 467 g/mol. The lowest BCUT2D eigenvalue weighted by atomic mass is 9.84. The van der Waals surface area contributed by atoms with Gasteiger partial charge in [-0.2, -0.15) is 5.21 Å². The number of imidazole rings is 1. The zero-order chi connectivity index (χ0) is 24.4. The maximum Gasteiger partial charge on any atom is 0.307 e. The fourth-order valence-electron chi connectivity index (χ4n) is 4.63. The molecular weight excluding hydrogens is 440 g/mol. The summed E-state index contributed by atoms with van der Waals surface area (Å²) in [6.45, 7) is 4.39. The fraction of sp³-hybridized carbons (Fsp3) is 0.222. The van der Waals surface area contributed by atoms with E-state index in [1.54, 1.807) is 0 Å². The van der Waals surface area contributed by atoms with Gasteiger partial charge in [0.2, 0.25) is 5.82 Å². The zero-order valence-electron chi connectivity index (χ0n) is 19.6. The molecule has 35 heavy (non-hydrogen) atoms. The van der Waals surface area contributed by atoms with Gasteiger partial charge in [0.1, 0.15) is 5.82 Å². The molecule has 5 aromatic rings. The van der Waals surface area contributed by atoms with Crippen molar-refractivity contribution in [2.45, 2.75) is 32.6 Å². The molecule has 176 valence electrons. The lowest BCUT2D eigenvalue weighted by Gasteiger charge is -2.22. The first-order chi connectivity index (χ1) is 17.0. The summed E-state index contributed by atoms with van der Waals surface area (Å²) in [4.78, 5) is 19.7. The Morgan fingerprint density at radius 3 is 2.46 bits per heavy atom. The number of fused-ring (bicyclic) bond motifs is 1. The first-order valence-electron chi connectivity index (χ1n) is 11.7. The highest BCUT2D eigenvalue weighted by atomic mass is 16.4. The molecule has 0 saturated heterocycles. The summed E-state index contributed by atoms with van der Waals surface area (Å²) < 4.78 is 0. The largest absolute Gasteiger partial charge is 0.481 e. The van der Waals surface area contributed by atoms with Crippen molar-refractivity contribution >= 4 is 17.0 Å². The van der Waals surface area contributed by atoms with E-state index in [9.17, 15) is 9.90 Å². The zero-order valence-corrected chi connectivity index (χ0v) is 19.6. The molecule has 3 N–H and O–H groups in total. The van der Waals surface area contributed by atoms with E-state index >= 15 is 0 Å². The van der Waals surface area contributed by atoms with E-state index in [4.69, 9.17) is 4.98 Å². The quantitative estimate of drug-likeness (QED) is 0.288.